The summed E-state index contributed by atoms with van der Waals surface area (Å²) in [4.78, 5) is 12.2. The minimum Gasteiger partial charge on any atom is -0.351 e. The molecule has 1 aliphatic carbocycles. The molecule has 0 atom stereocenters. The summed E-state index contributed by atoms with van der Waals surface area (Å²) >= 11 is 5.90. The number of halogens is 1. The van der Waals surface area contributed by atoms with Crippen LogP contribution in [0, 0.1) is 12.3 Å². The molecule has 0 saturated heterocycles. The zero-order chi connectivity index (χ0) is 15.8. The lowest BCUT2D eigenvalue weighted by Gasteiger charge is -2.15. The van der Waals surface area contributed by atoms with Crippen molar-refractivity contribution in [2.75, 3.05) is 6.54 Å². The molecular formula is C14H19ClN2O3S. The Hall–Kier alpha value is -1.11. The van der Waals surface area contributed by atoms with Gasteiger partial charge in [0.2, 0.25) is 10.0 Å². The second-order valence-electron chi connectivity index (χ2n) is 5.66. The average molecular weight is 331 g/mol. The van der Waals surface area contributed by atoms with Crippen molar-refractivity contribution in [3.8, 4) is 0 Å². The Morgan fingerprint density at radius 3 is 2.52 bits per heavy atom. The second-order valence-corrected chi connectivity index (χ2v) is 7.62. The first-order valence-electron chi connectivity index (χ1n) is 6.80. The fraction of sp³-hybridized carbons (Fsp3) is 0.500. The molecule has 7 heteroatoms. The monoisotopic (exact) mass is 330 g/mol. The van der Waals surface area contributed by atoms with Gasteiger partial charge in [-0.3, -0.25) is 4.79 Å². The number of nitrogens with two attached hydrogens (primary N) is 1. The summed E-state index contributed by atoms with van der Waals surface area (Å²) in [6, 6.07) is 2.73. The maximum Gasteiger partial charge on any atom is 0.251 e. The molecule has 0 spiro atoms. The van der Waals surface area contributed by atoms with Gasteiger partial charge in [-0.1, -0.05) is 18.5 Å². The maximum atomic E-state index is 12.3. The molecule has 1 aliphatic rings. The molecule has 1 aromatic rings. The summed E-state index contributed by atoms with van der Waals surface area (Å²) in [5.41, 5.74) is 0.782. The van der Waals surface area contributed by atoms with Crippen molar-refractivity contribution in [3.63, 3.8) is 0 Å². The van der Waals surface area contributed by atoms with Crippen LogP contribution in [0.25, 0.3) is 0 Å². The highest BCUT2D eigenvalue weighted by Gasteiger charge is 2.40. The molecule has 0 aromatic heterocycles. The second kappa shape index (κ2) is 5.59. The lowest BCUT2D eigenvalue weighted by molar-refractivity contribution is 0.0943. The van der Waals surface area contributed by atoms with E-state index in [9.17, 15) is 13.2 Å². The Kier molecular flexibility index (Phi) is 4.33. The van der Waals surface area contributed by atoms with Crippen LogP contribution in [0.15, 0.2) is 17.0 Å². The van der Waals surface area contributed by atoms with Crippen LogP contribution in [-0.4, -0.2) is 20.9 Å². The number of hydrogen-bond acceptors (Lipinski definition) is 3. The van der Waals surface area contributed by atoms with Crippen molar-refractivity contribution < 1.29 is 13.2 Å². The van der Waals surface area contributed by atoms with Crippen LogP contribution in [0.4, 0.5) is 0 Å². The molecule has 0 heterocycles. The van der Waals surface area contributed by atoms with Gasteiger partial charge >= 0.3 is 0 Å². The molecule has 0 radical (unpaired) electrons. The van der Waals surface area contributed by atoms with E-state index in [0.717, 1.165) is 19.3 Å². The number of amides is 1. The standard InChI is InChI=1S/C14H19ClN2O3S/c1-3-14(4-5-14)8-17-13(18)11-6-10(15)7-12(9(11)2)21(16,19)20/h6-7H,3-5,8H2,1-2H3,(H,17,18)(H2,16,19,20). The van der Waals surface area contributed by atoms with Crippen molar-refractivity contribution in [1.29, 1.82) is 0 Å². The molecular weight excluding hydrogens is 312 g/mol. The average Bonchev–Trinajstić information content (AvgIpc) is 3.17. The first kappa shape index (κ1) is 16.3. The van der Waals surface area contributed by atoms with Gasteiger partial charge in [0.25, 0.3) is 5.91 Å². The molecule has 21 heavy (non-hydrogen) atoms. The van der Waals surface area contributed by atoms with E-state index in [4.69, 9.17) is 16.7 Å². The Balaban J connectivity index is 2.27. The van der Waals surface area contributed by atoms with Crippen molar-refractivity contribution in [2.45, 2.75) is 38.0 Å². The van der Waals surface area contributed by atoms with E-state index in [2.05, 4.69) is 12.2 Å². The van der Waals surface area contributed by atoms with Crippen LogP contribution in [-0.2, 0) is 10.0 Å². The first-order valence-corrected chi connectivity index (χ1v) is 8.72. The summed E-state index contributed by atoms with van der Waals surface area (Å²) in [7, 11) is -3.91. The number of carbonyl (C=O) groups is 1. The third kappa shape index (κ3) is 3.56. The number of sulfonamides is 1. The summed E-state index contributed by atoms with van der Waals surface area (Å²) < 4.78 is 23.1. The van der Waals surface area contributed by atoms with Crippen LogP contribution in [0.3, 0.4) is 0 Å². The van der Waals surface area contributed by atoms with Gasteiger partial charge < -0.3 is 5.32 Å². The van der Waals surface area contributed by atoms with E-state index < -0.39 is 10.0 Å². The zero-order valence-corrected chi connectivity index (χ0v) is 13.6. The van der Waals surface area contributed by atoms with Crippen molar-refractivity contribution >= 4 is 27.5 Å². The quantitative estimate of drug-likeness (QED) is 0.867. The Labute approximate surface area is 129 Å². The van der Waals surface area contributed by atoms with E-state index in [-0.39, 0.29) is 26.8 Å². The number of primary sulfonamides is 1. The molecule has 3 N–H and O–H groups in total. The molecule has 1 fully saturated rings. The van der Waals surface area contributed by atoms with Crippen LogP contribution in [0.5, 0.6) is 0 Å². The fourth-order valence-corrected chi connectivity index (χ4v) is 3.49. The number of benzene rings is 1. The molecule has 1 amide bonds. The highest BCUT2D eigenvalue weighted by atomic mass is 35.5. The number of rotatable bonds is 5. The van der Waals surface area contributed by atoms with Crippen molar-refractivity contribution in [1.82, 2.24) is 5.32 Å². The van der Waals surface area contributed by atoms with Gasteiger partial charge in [0.1, 0.15) is 0 Å². The first-order chi connectivity index (χ1) is 9.68. The lowest BCUT2D eigenvalue weighted by Crippen LogP contribution is -2.31. The molecule has 116 valence electrons. The van der Waals surface area contributed by atoms with Gasteiger partial charge in [0, 0.05) is 17.1 Å². The van der Waals surface area contributed by atoms with Gasteiger partial charge in [-0.2, -0.15) is 0 Å². The normalized spacial score (nSPS) is 16.6. The Morgan fingerprint density at radius 1 is 1.43 bits per heavy atom. The van der Waals surface area contributed by atoms with Gasteiger partial charge in [-0.25, -0.2) is 13.6 Å². The molecule has 1 aromatic carbocycles. The molecule has 0 bridgehead atoms. The highest BCUT2D eigenvalue weighted by molar-refractivity contribution is 7.89. The number of hydrogen-bond donors (Lipinski definition) is 2. The third-order valence-electron chi connectivity index (χ3n) is 4.21. The highest BCUT2D eigenvalue weighted by Crippen LogP contribution is 2.47. The summed E-state index contributed by atoms with van der Waals surface area (Å²) in [5.74, 6) is -0.320. The molecule has 0 aliphatic heterocycles. The van der Waals surface area contributed by atoms with E-state index in [1.165, 1.54) is 12.1 Å². The smallest absolute Gasteiger partial charge is 0.251 e. The molecule has 1 saturated carbocycles. The number of carbonyl (C=O) groups excluding carboxylic acids is 1. The van der Waals surface area contributed by atoms with Crippen molar-refractivity contribution in [3.05, 3.63) is 28.3 Å². The van der Waals surface area contributed by atoms with Gasteiger partial charge in [0.15, 0.2) is 0 Å². The summed E-state index contributed by atoms with van der Waals surface area (Å²) in [6.07, 6.45) is 3.24. The van der Waals surface area contributed by atoms with Crippen LogP contribution in [0.2, 0.25) is 5.02 Å². The van der Waals surface area contributed by atoms with E-state index in [0.29, 0.717) is 12.1 Å². The zero-order valence-electron chi connectivity index (χ0n) is 12.1. The minimum absolute atomic E-state index is 0.114. The molecule has 0 unspecified atom stereocenters. The van der Waals surface area contributed by atoms with Gasteiger partial charge in [-0.15, -0.1) is 0 Å². The fourth-order valence-electron chi connectivity index (χ4n) is 2.38. The largest absolute Gasteiger partial charge is 0.351 e. The third-order valence-corrected chi connectivity index (χ3v) is 5.46. The Morgan fingerprint density at radius 2 is 2.05 bits per heavy atom. The molecule has 5 nitrogen and oxygen atoms in total. The molecule has 2 rings (SSSR count). The summed E-state index contributed by atoms with van der Waals surface area (Å²) in [5, 5.41) is 8.19. The lowest BCUT2D eigenvalue weighted by atomic mass is 10.0. The van der Waals surface area contributed by atoms with E-state index in [1.807, 2.05) is 0 Å². The predicted molar refractivity (Wildman–Crippen MR) is 81.9 cm³/mol. The van der Waals surface area contributed by atoms with E-state index >= 15 is 0 Å². The van der Waals surface area contributed by atoms with Crippen LogP contribution < -0.4 is 10.5 Å². The number of nitrogens with one attached hydrogen (secondary N) is 1. The predicted octanol–water partition coefficient (Wildman–Crippen LogP) is 2.22. The van der Waals surface area contributed by atoms with Gasteiger partial charge in [-0.05, 0) is 49.3 Å². The topological polar surface area (TPSA) is 89.3 Å². The Bertz CT molecular complexity index is 682. The minimum atomic E-state index is -3.91. The van der Waals surface area contributed by atoms with Gasteiger partial charge in [0.05, 0.1) is 4.90 Å². The summed E-state index contributed by atoms with van der Waals surface area (Å²) in [6.45, 7) is 4.25. The van der Waals surface area contributed by atoms with Crippen LogP contribution in [0.1, 0.15) is 42.1 Å². The van der Waals surface area contributed by atoms with E-state index in [1.54, 1.807) is 6.92 Å². The van der Waals surface area contributed by atoms with Crippen LogP contribution >= 0.6 is 11.6 Å². The van der Waals surface area contributed by atoms with Crippen molar-refractivity contribution in [2.24, 2.45) is 10.6 Å². The SMILES string of the molecule is CCC1(CNC(=O)c2cc(Cl)cc(S(N)(=O)=O)c2C)CC1. The maximum absolute atomic E-state index is 12.3.